The van der Waals surface area contributed by atoms with E-state index in [-0.39, 0.29) is 116 Å². The van der Waals surface area contributed by atoms with E-state index in [1.54, 1.807) is 24.2 Å². The van der Waals surface area contributed by atoms with E-state index in [4.69, 9.17) is 33.8 Å². The third-order valence-corrected chi connectivity index (χ3v) is 21.0. The number of aromatic carboxylic acids is 1. The number of anilines is 2. The average Bonchev–Trinajstić information content (AvgIpc) is 0.783. The lowest BCUT2D eigenvalue weighted by molar-refractivity contribution is -0.271. The summed E-state index contributed by atoms with van der Waals surface area (Å²) in [5.74, 6) is -4.15. The van der Waals surface area contributed by atoms with Gasteiger partial charge in [-0.3, -0.25) is 39.0 Å². The van der Waals surface area contributed by atoms with Crippen LogP contribution in [0, 0.1) is 23.2 Å². The third kappa shape index (κ3) is 16.0. The van der Waals surface area contributed by atoms with E-state index in [9.17, 15) is 63.9 Å². The number of carbonyl (C=O) groups excluding carboxylic acids is 6. The van der Waals surface area contributed by atoms with Crippen LogP contribution in [0.1, 0.15) is 118 Å². The monoisotopic (exact) mass is 1410 g/mol. The molecule has 536 valence electrons. The van der Waals surface area contributed by atoms with Crippen molar-refractivity contribution in [3.63, 3.8) is 0 Å². The molecule has 28 nitrogen and oxygen atoms in total. The molecule has 101 heavy (non-hydrogen) atoms. The van der Waals surface area contributed by atoms with Crippen LogP contribution in [0.25, 0.3) is 32.6 Å². The number of benzene rings is 3. The van der Waals surface area contributed by atoms with Crippen LogP contribution >= 0.6 is 11.3 Å². The highest BCUT2D eigenvalue weighted by Crippen LogP contribution is 2.72. The molecule has 6 heterocycles. The van der Waals surface area contributed by atoms with Crippen molar-refractivity contribution in [1.29, 1.82) is 0 Å². The number of carboxylic acids is 2. The van der Waals surface area contributed by atoms with Crippen LogP contribution in [0.2, 0.25) is 0 Å². The molecule has 1 saturated heterocycles. The Kier molecular flexibility index (Phi) is 21.0. The molecule has 7 atom stereocenters. The number of amides is 7. The van der Waals surface area contributed by atoms with Gasteiger partial charge in [0, 0.05) is 98.0 Å². The molecule has 2 unspecified atom stereocenters. The molecule has 13 rings (SSSR count). The van der Waals surface area contributed by atoms with Crippen LogP contribution in [0.15, 0.2) is 91.1 Å². The minimum Gasteiger partial charge on any atom is -0.493 e. The molecule has 4 saturated carbocycles. The van der Waals surface area contributed by atoms with Crippen LogP contribution in [0.4, 0.5) is 20.4 Å². The van der Waals surface area contributed by atoms with Gasteiger partial charge in [0.2, 0.25) is 18.1 Å². The number of ether oxygens (including phenoxy) is 5. The molecule has 3 aliphatic heterocycles. The van der Waals surface area contributed by atoms with Gasteiger partial charge in [0.05, 0.1) is 47.5 Å². The van der Waals surface area contributed by atoms with Gasteiger partial charge < -0.3 is 64.8 Å². The maximum atomic E-state index is 13.8. The molecule has 5 fully saturated rings. The Balaban J connectivity index is 0.653. The van der Waals surface area contributed by atoms with Crippen LogP contribution in [0.3, 0.4) is 0 Å². The van der Waals surface area contributed by atoms with Gasteiger partial charge in [0.25, 0.3) is 11.8 Å². The number of aromatic nitrogens is 4. The Morgan fingerprint density at radius 3 is 2.33 bits per heavy atom. The van der Waals surface area contributed by atoms with E-state index in [2.05, 4.69) is 34.8 Å². The summed E-state index contributed by atoms with van der Waals surface area (Å²) in [6.45, 7) is 7.95. The van der Waals surface area contributed by atoms with E-state index in [0.717, 1.165) is 83.4 Å². The van der Waals surface area contributed by atoms with Gasteiger partial charge in [-0.15, -0.1) is 0 Å². The quantitative estimate of drug-likeness (QED) is 0.0175. The second kappa shape index (κ2) is 29.7. The number of likely N-dealkylation sites (N-methyl/N-ethyl adjacent to an activating group) is 1. The van der Waals surface area contributed by atoms with Gasteiger partial charge in [-0.1, -0.05) is 55.9 Å². The van der Waals surface area contributed by atoms with Crippen molar-refractivity contribution in [1.82, 2.24) is 40.2 Å². The standard InChI is InChI=1S/C72H84N10O18S/c1-42-48(47-20-21-49(76-58(47)63(90)91)44-17-16-43-12-10-26-80(51(43)30-44)67(94)78-66-77-50-13-7-8-14-53(50)101-66)32-75-82(42)41-71-36-69(2)35-70(3,37-71)39-72(38-69,40-71)98-29-27-79(4)68(95)97-34-45-18-19-46(99-65-61(89)59(87)60(88)62(100-65)64(92)93)31-52(45)96-28-11-24-73-55(84)33-74-54(83)15-6-5-9-25-81-56(85)22-23-57(81)86/h7-8,13-14,16-23,30-32,59-62,65,87-89H,5-6,9-12,15,24-29,33-41H2,1-4H3,(H,73,84)(H,74,83)(H,90,91)(H,92,93)(H,77,78,94)/t59-,60+,61-,62-,65+,69?,70?,71?,72?/m0/s1. The summed E-state index contributed by atoms with van der Waals surface area (Å²) in [4.78, 5) is 115. The summed E-state index contributed by atoms with van der Waals surface area (Å²) >= 11 is 1.40. The highest BCUT2D eigenvalue weighted by Gasteiger charge is 2.66. The zero-order chi connectivity index (χ0) is 71.5. The number of hydrogen-bond donors (Lipinski definition) is 8. The lowest BCUT2D eigenvalue weighted by atomic mass is 9.39. The number of thiazole rings is 1. The number of nitrogens with one attached hydrogen (secondary N) is 3. The molecule has 7 aliphatic rings. The summed E-state index contributed by atoms with van der Waals surface area (Å²) in [7, 11) is 1.60. The van der Waals surface area contributed by atoms with Crippen molar-refractivity contribution in [2.45, 2.75) is 154 Å². The molecular weight excluding hydrogens is 1320 g/mol. The first-order valence-electron chi connectivity index (χ1n) is 34.1. The first kappa shape index (κ1) is 71.4. The highest BCUT2D eigenvalue weighted by atomic mass is 32.1. The van der Waals surface area contributed by atoms with Gasteiger partial charge in [0.1, 0.15) is 36.4 Å². The summed E-state index contributed by atoms with van der Waals surface area (Å²) in [6, 6.07) is 21.1. The molecule has 3 aromatic heterocycles. The number of urea groups is 1. The number of rotatable bonds is 28. The predicted molar refractivity (Wildman–Crippen MR) is 367 cm³/mol. The number of pyridine rings is 1. The normalized spacial score (nSPS) is 24.9. The fourth-order valence-electron chi connectivity index (χ4n) is 16.4. The fraction of sp³-hybridized carbons (Fsp3) is 0.486. The summed E-state index contributed by atoms with van der Waals surface area (Å²) < 4.78 is 33.0. The Morgan fingerprint density at radius 2 is 1.57 bits per heavy atom. The number of hydrogen-bond acceptors (Lipinski definition) is 20. The number of aliphatic hydroxyl groups is 3. The van der Waals surface area contributed by atoms with Crippen molar-refractivity contribution in [2.75, 3.05) is 63.2 Å². The molecule has 29 heteroatoms. The molecule has 0 spiro atoms. The van der Waals surface area contributed by atoms with Gasteiger partial charge in [-0.2, -0.15) is 5.10 Å². The third-order valence-electron chi connectivity index (χ3n) is 20.0. The average molecular weight is 1410 g/mol. The van der Waals surface area contributed by atoms with Crippen LogP contribution in [-0.2, 0) is 57.8 Å². The molecule has 0 radical (unpaired) electrons. The number of aliphatic hydroxyl groups excluding tert-OH is 3. The maximum Gasteiger partial charge on any atom is 0.409 e. The highest BCUT2D eigenvalue weighted by molar-refractivity contribution is 7.22. The Labute approximate surface area is 585 Å². The minimum absolute atomic E-state index is 0.00513. The number of aliphatic carboxylic acids is 1. The number of nitrogens with zero attached hydrogens (tertiary/aromatic N) is 7. The van der Waals surface area contributed by atoms with E-state index in [1.165, 1.54) is 46.6 Å². The van der Waals surface area contributed by atoms with E-state index < -0.39 is 60.2 Å². The summed E-state index contributed by atoms with van der Waals surface area (Å²) in [5, 5.41) is 65.4. The predicted octanol–water partition coefficient (Wildman–Crippen LogP) is 7.38. The van der Waals surface area contributed by atoms with E-state index in [0.29, 0.717) is 65.4 Å². The number of carbonyl (C=O) groups is 8. The van der Waals surface area contributed by atoms with Gasteiger partial charge >= 0.3 is 24.1 Å². The first-order valence-corrected chi connectivity index (χ1v) is 34.9. The smallest absolute Gasteiger partial charge is 0.409 e. The maximum absolute atomic E-state index is 13.8. The lowest BCUT2D eigenvalue weighted by Crippen LogP contribution is -2.64. The zero-order valence-electron chi connectivity index (χ0n) is 56.7. The molecule has 4 aliphatic carbocycles. The number of carboxylic acid groups (broad SMARTS) is 2. The second-order valence-corrected chi connectivity index (χ2v) is 29.4. The second-order valence-electron chi connectivity index (χ2n) is 28.3. The van der Waals surface area contributed by atoms with Gasteiger partial charge in [-0.05, 0) is 142 Å². The molecule has 7 amide bonds. The molecule has 6 aromatic rings. The van der Waals surface area contributed by atoms with Crippen LogP contribution < -0.4 is 30.3 Å². The summed E-state index contributed by atoms with van der Waals surface area (Å²) in [6.07, 6.45) is 3.09. The van der Waals surface area contributed by atoms with E-state index in [1.807, 2.05) is 60.1 Å². The Hall–Kier alpha value is -9.39. The van der Waals surface area contributed by atoms with Crippen LogP contribution in [-0.4, -0.2) is 192 Å². The Morgan fingerprint density at radius 1 is 0.802 bits per heavy atom. The topological polar surface area (TPSA) is 373 Å². The van der Waals surface area contributed by atoms with Crippen molar-refractivity contribution in [2.24, 2.45) is 16.2 Å². The number of para-hydroxylation sites is 1. The molecular formula is C72H84N10O18S. The van der Waals surface area contributed by atoms with E-state index >= 15 is 0 Å². The molecule has 4 bridgehead atoms. The van der Waals surface area contributed by atoms with Crippen molar-refractivity contribution >= 4 is 80.1 Å². The SMILES string of the molecule is Cc1c(-c2ccc(-c3ccc4c(c3)N(C(=O)Nc3nc5ccccc5s3)CCC4)nc2C(=O)O)cnn1CC12CC3(C)CC(C)(C1)CC(OCCN(C)C(=O)OCc1ccc(O[C@@H]4O[C@H](C(=O)O)[C@H](O)[C@H](O)[C@@H]4O)cc1OCCCNC(=O)CNC(=O)CCCCCN1C(=O)C=CC1=O)(C3)C2. The molecule has 8 N–H and O–H groups in total. The van der Waals surface area contributed by atoms with Crippen LogP contribution in [0.5, 0.6) is 11.5 Å². The van der Waals surface area contributed by atoms with Crippen molar-refractivity contribution in [3.05, 3.63) is 114 Å². The fourth-order valence-corrected chi connectivity index (χ4v) is 17.3. The lowest BCUT2D eigenvalue weighted by Gasteiger charge is -2.69. The first-order chi connectivity index (χ1) is 48.3. The number of fused-ring (bicyclic) bond motifs is 2. The number of imide groups is 1. The minimum atomic E-state index is -1.95. The van der Waals surface area contributed by atoms with Gasteiger partial charge in [-0.25, -0.2) is 29.1 Å². The largest absolute Gasteiger partial charge is 0.493 e. The Bertz CT molecular complexity index is 4140. The zero-order valence-corrected chi connectivity index (χ0v) is 57.5. The molecule has 3 aromatic carbocycles. The van der Waals surface area contributed by atoms with Crippen molar-refractivity contribution < 1.29 is 87.6 Å². The van der Waals surface area contributed by atoms with Crippen molar-refractivity contribution in [3.8, 4) is 33.9 Å². The summed E-state index contributed by atoms with van der Waals surface area (Å²) in [5.41, 5.74) is 4.98. The number of unbranched alkanes of at least 4 members (excludes halogenated alkanes) is 2. The van der Waals surface area contributed by atoms with Gasteiger partial charge in [0.15, 0.2) is 16.9 Å². The number of aryl methyl sites for hydroxylation is 1.